The van der Waals surface area contributed by atoms with E-state index in [1.807, 2.05) is 17.6 Å². The van der Waals surface area contributed by atoms with Crippen LogP contribution in [0.4, 0.5) is 5.69 Å². The van der Waals surface area contributed by atoms with Gasteiger partial charge in [-0.05, 0) is 49.4 Å². The molecule has 1 aliphatic carbocycles. The average molecular weight is 454 g/mol. The van der Waals surface area contributed by atoms with Crippen LogP contribution in [0.2, 0.25) is 5.02 Å². The summed E-state index contributed by atoms with van der Waals surface area (Å²) in [6.45, 7) is 6.64. The fourth-order valence-corrected chi connectivity index (χ4v) is 5.44. The quantitative estimate of drug-likeness (QED) is 0.589. The van der Waals surface area contributed by atoms with Crippen molar-refractivity contribution in [3.05, 3.63) is 53.4 Å². The number of halogens is 1. The van der Waals surface area contributed by atoms with Crippen molar-refractivity contribution in [2.45, 2.75) is 58.2 Å². The molecule has 1 aliphatic heterocycles. The molecule has 0 unspecified atom stereocenters. The lowest BCUT2D eigenvalue weighted by molar-refractivity contribution is -0.128. The molecule has 2 aliphatic rings. The first-order chi connectivity index (χ1) is 15.3. The molecule has 0 spiro atoms. The summed E-state index contributed by atoms with van der Waals surface area (Å²) < 4.78 is 7.44. The molecule has 3 aromatic rings. The number of aromatic nitrogens is 1. The Labute approximate surface area is 192 Å². The molecule has 1 N–H and O–H groups in total. The molecule has 7 heteroatoms. The van der Waals surface area contributed by atoms with Crippen LogP contribution < -0.4 is 10.2 Å². The van der Waals surface area contributed by atoms with E-state index in [4.69, 9.17) is 16.0 Å². The summed E-state index contributed by atoms with van der Waals surface area (Å²) >= 11 is 6.10. The maximum absolute atomic E-state index is 13.9. The molecule has 0 radical (unpaired) electrons. The van der Waals surface area contributed by atoms with Crippen molar-refractivity contribution in [3.63, 3.8) is 0 Å². The van der Waals surface area contributed by atoms with Crippen molar-refractivity contribution in [3.8, 4) is 0 Å². The number of benzene rings is 1. The molecule has 0 saturated heterocycles. The molecular formula is C25H28ClN3O3. The molecule has 32 heavy (non-hydrogen) atoms. The molecule has 0 bridgehead atoms. The van der Waals surface area contributed by atoms with E-state index in [-0.39, 0.29) is 17.9 Å². The third kappa shape index (κ3) is 3.24. The normalized spacial score (nSPS) is 28.1. The van der Waals surface area contributed by atoms with E-state index in [0.717, 1.165) is 18.4 Å². The van der Waals surface area contributed by atoms with Crippen LogP contribution in [-0.4, -0.2) is 28.0 Å². The zero-order valence-electron chi connectivity index (χ0n) is 18.6. The summed E-state index contributed by atoms with van der Waals surface area (Å²) in [6, 6.07) is 10.8. The highest BCUT2D eigenvalue weighted by Gasteiger charge is 2.49. The maximum atomic E-state index is 13.9. The van der Waals surface area contributed by atoms with Gasteiger partial charge in [0, 0.05) is 28.9 Å². The highest BCUT2D eigenvalue weighted by atomic mass is 35.5. The van der Waals surface area contributed by atoms with Gasteiger partial charge in [0.15, 0.2) is 5.58 Å². The van der Waals surface area contributed by atoms with E-state index in [1.165, 1.54) is 6.42 Å². The van der Waals surface area contributed by atoms with Crippen molar-refractivity contribution in [1.29, 1.82) is 0 Å². The minimum Gasteiger partial charge on any atom is -0.463 e. The van der Waals surface area contributed by atoms with Gasteiger partial charge in [-0.15, -0.1) is 0 Å². The highest BCUT2D eigenvalue weighted by molar-refractivity contribution is 6.30. The SMILES string of the molecule is C[C@@H]1[C@H](C)CCC[C@@H]1NC(=O)[C@@]1(C)Cn2c(cc3occc32)C(=O)N1c1ccc(Cl)cc1. The minimum atomic E-state index is -1.11. The molecule has 3 heterocycles. The van der Waals surface area contributed by atoms with Crippen LogP contribution in [0.25, 0.3) is 11.1 Å². The van der Waals surface area contributed by atoms with Gasteiger partial charge in [-0.25, -0.2) is 0 Å². The monoisotopic (exact) mass is 453 g/mol. The zero-order chi connectivity index (χ0) is 22.6. The first-order valence-corrected chi connectivity index (χ1v) is 11.7. The Hall–Kier alpha value is -2.73. The minimum absolute atomic E-state index is 0.102. The van der Waals surface area contributed by atoms with Gasteiger partial charge in [-0.2, -0.15) is 0 Å². The van der Waals surface area contributed by atoms with E-state index in [1.54, 1.807) is 41.5 Å². The summed E-state index contributed by atoms with van der Waals surface area (Å²) in [7, 11) is 0. The molecule has 6 nitrogen and oxygen atoms in total. The predicted molar refractivity (Wildman–Crippen MR) is 125 cm³/mol. The number of hydrogen-bond donors (Lipinski definition) is 1. The molecule has 1 fully saturated rings. The van der Waals surface area contributed by atoms with Crippen LogP contribution in [-0.2, 0) is 11.3 Å². The Balaban J connectivity index is 1.57. The molecule has 2 amide bonds. The van der Waals surface area contributed by atoms with Gasteiger partial charge in [-0.3, -0.25) is 14.5 Å². The first kappa shape index (κ1) is 21.1. The molecule has 5 rings (SSSR count). The van der Waals surface area contributed by atoms with E-state index in [2.05, 4.69) is 19.2 Å². The number of carbonyl (C=O) groups excluding carboxylic acids is 2. The topological polar surface area (TPSA) is 67.5 Å². The van der Waals surface area contributed by atoms with Crippen LogP contribution in [0.15, 0.2) is 47.1 Å². The lowest BCUT2D eigenvalue weighted by Crippen LogP contribution is -2.66. The zero-order valence-corrected chi connectivity index (χ0v) is 19.4. The number of nitrogens with zero attached hydrogens (tertiary/aromatic N) is 2. The predicted octanol–water partition coefficient (Wildman–Crippen LogP) is 5.25. The first-order valence-electron chi connectivity index (χ1n) is 11.3. The Morgan fingerprint density at radius 1 is 1.19 bits per heavy atom. The Morgan fingerprint density at radius 2 is 1.94 bits per heavy atom. The third-order valence-electron chi connectivity index (χ3n) is 7.50. The molecule has 1 saturated carbocycles. The van der Waals surface area contributed by atoms with Crippen LogP contribution in [0, 0.1) is 11.8 Å². The van der Waals surface area contributed by atoms with Crippen molar-refractivity contribution < 1.29 is 14.0 Å². The number of hydrogen-bond acceptors (Lipinski definition) is 3. The van der Waals surface area contributed by atoms with Crippen molar-refractivity contribution in [2.75, 3.05) is 4.90 Å². The number of nitrogens with one attached hydrogen (secondary N) is 1. The molecule has 4 atom stereocenters. The summed E-state index contributed by atoms with van der Waals surface area (Å²) in [5, 5.41) is 3.89. The van der Waals surface area contributed by atoms with Gasteiger partial charge in [0.25, 0.3) is 5.91 Å². The average Bonchev–Trinajstić information content (AvgIpc) is 3.35. The van der Waals surface area contributed by atoms with Crippen molar-refractivity contribution in [1.82, 2.24) is 9.88 Å². The lowest BCUT2D eigenvalue weighted by atomic mass is 9.77. The second-order valence-corrected chi connectivity index (χ2v) is 9.96. The maximum Gasteiger partial charge on any atom is 0.276 e. The highest BCUT2D eigenvalue weighted by Crippen LogP contribution is 2.37. The Kier molecular flexibility index (Phi) is 5.08. The van der Waals surface area contributed by atoms with Gasteiger partial charge < -0.3 is 14.3 Å². The van der Waals surface area contributed by atoms with Gasteiger partial charge in [-0.1, -0.05) is 38.3 Å². The smallest absolute Gasteiger partial charge is 0.276 e. The number of carbonyl (C=O) groups is 2. The van der Waals surface area contributed by atoms with Crippen LogP contribution in [0.1, 0.15) is 50.5 Å². The summed E-state index contributed by atoms with van der Waals surface area (Å²) in [6.07, 6.45) is 4.86. The third-order valence-corrected chi connectivity index (χ3v) is 7.75. The van der Waals surface area contributed by atoms with Crippen LogP contribution in [0.3, 0.4) is 0 Å². The lowest BCUT2D eigenvalue weighted by Gasteiger charge is -2.45. The number of anilines is 1. The van der Waals surface area contributed by atoms with Gasteiger partial charge in [0.2, 0.25) is 5.91 Å². The fraction of sp³-hybridized carbons (Fsp3) is 0.440. The second kappa shape index (κ2) is 7.69. The van der Waals surface area contributed by atoms with Crippen molar-refractivity contribution >= 4 is 40.2 Å². The summed E-state index contributed by atoms with van der Waals surface area (Å²) in [5.41, 5.74) is 1.51. The summed E-state index contributed by atoms with van der Waals surface area (Å²) in [5.74, 6) is 0.585. The number of rotatable bonds is 3. The Bertz CT molecular complexity index is 1180. The van der Waals surface area contributed by atoms with Crippen LogP contribution in [0.5, 0.6) is 0 Å². The van der Waals surface area contributed by atoms with Crippen molar-refractivity contribution in [2.24, 2.45) is 11.8 Å². The fourth-order valence-electron chi connectivity index (χ4n) is 5.32. The summed E-state index contributed by atoms with van der Waals surface area (Å²) in [4.78, 5) is 29.2. The van der Waals surface area contributed by atoms with Gasteiger partial charge in [0.1, 0.15) is 11.2 Å². The van der Waals surface area contributed by atoms with E-state index < -0.39 is 5.54 Å². The van der Waals surface area contributed by atoms with Gasteiger partial charge in [0.05, 0.1) is 18.3 Å². The van der Waals surface area contributed by atoms with E-state index in [0.29, 0.717) is 40.4 Å². The number of amides is 2. The molecule has 1 aromatic carbocycles. The number of furan rings is 1. The second-order valence-electron chi connectivity index (χ2n) is 9.52. The standard InChI is InChI=1S/C25H28ClN3O3/c1-15-5-4-6-19(16(15)2)27-24(31)25(3)14-28-20-11-12-32-22(20)13-21(28)23(30)29(25)18-9-7-17(26)8-10-18/h7-13,15-16,19H,4-6,14H2,1-3H3,(H,27,31)/t15-,16-,19+,25-/m1/s1. The van der Waals surface area contributed by atoms with E-state index >= 15 is 0 Å². The van der Waals surface area contributed by atoms with E-state index in [9.17, 15) is 9.59 Å². The van der Waals surface area contributed by atoms with Crippen LogP contribution >= 0.6 is 11.6 Å². The van der Waals surface area contributed by atoms with Gasteiger partial charge >= 0.3 is 0 Å². The molecular weight excluding hydrogens is 426 g/mol. The molecule has 2 aromatic heterocycles. The number of fused-ring (bicyclic) bond motifs is 3. The molecule has 168 valence electrons. The Morgan fingerprint density at radius 3 is 2.69 bits per heavy atom. The largest absolute Gasteiger partial charge is 0.463 e.